The minimum atomic E-state index is -1.13. The van der Waals surface area contributed by atoms with Crippen LogP contribution in [-0.2, 0) is 29.0 Å². The van der Waals surface area contributed by atoms with Crippen LogP contribution in [0, 0.1) is 5.41 Å². The molecule has 1 aromatic heterocycles. The molecule has 1 fully saturated rings. The first-order valence-electron chi connectivity index (χ1n) is 8.77. The minimum absolute atomic E-state index is 0.166. The SMILES string of the molecule is C[Si](C)(C)CCOCn1nc(C(=O)O)c2c1CC1(CCOC1)CC2. The van der Waals surface area contributed by atoms with Gasteiger partial charge in [0.2, 0.25) is 0 Å². The predicted octanol–water partition coefficient (Wildman–Crippen LogP) is 2.79. The Balaban J connectivity index is 1.75. The van der Waals surface area contributed by atoms with Crippen molar-refractivity contribution in [3.63, 3.8) is 0 Å². The molecule has 1 spiro atoms. The van der Waals surface area contributed by atoms with E-state index in [1.807, 2.05) is 0 Å². The molecule has 1 unspecified atom stereocenters. The number of rotatable bonds is 6. The van der Waals surface area contributed by atoms with E-state index in [1.54, 1.807) is 4.68 Å². The molecule has 2 aliphatic rings. The average molecular weight is 353 g/mol. The van der Waals surface area contributed by atoms with Crippen molar-refractivity contribution in [2.75, 3.05) is 19.8 Å². The van der Waals surface area contributed by atoms with Gasteiger partial charge in [0.05, 0.1) is 6.61 Å². The van der Waals surface area contributed by atoms with Gasteiger partial charge in [-0.1, -0.05) is 19.6 Å². The first-order valence-corrected chi connectivity index (χ1v) is 12.5. The molecule has 0 aromatic carbocycles. The summed E-state index contributed by atoms with van der Waals surface area (Å²) in [6.07, 6.45) is 3.66. The van der Waals surface area contributed by atoms with Crippen LogP contribution in [0.5, 0.6) is 0 Å². The van der Waals surface area contributed by atoms with E-state index in [0.717, 1.165) is 56.2 Å². The van der Waals surface area contributed by atoms with Crippen LogP contribution < -0.4 is 0 Å². The average Bonchev–Trinajstić information content (AvgIpc) is 3.08. The Labute approximate surface area is 144 Å². The first kappa shape index (κ1) is 17.6. The quantitative estimate of drug-likeness (QED) is 0.629. The zero-order chi connectivity index (χ0) is 17.4. The summed E-state index contributed by atoms with van der Waals surface area (Å²) in [5.41, 5.74) is 2.30. The number of carbonyl (C=O) groups is 1. The van der Waals surface area contributed by atoms with E-state index in [4.69, 9.17) is 9.47 Å². The molecule has 0 bridgehead atoms. The molecular formula is C17H28N2O4Si. The number of aromatic carboxylic acids is 1. The zero-order valence-corrected chi connectivity index (χ0v) is 15.9. The third kappa shape index (κ3) is 3.73. The second-order valence-electron chi connectivity index (χ2n) is 8.41. The molecule has 1 atom stereocenters. The molecule has 0 radical (unpaired) electrons. The van der Waals surface area contributed by atoms with Crippen LogP contribution in [0.2, 0.25) is 25.7 Å². The summed E-state index contributed by atoms with van der Waals surface area (Å²) in [5.74, 6) is -0.939. The fourth-order valence-corrected chi connectivity index (χ4v) is 4.38. The summed E-state index contributed by atoms with van der Waals surface area (Å²) < 4.78 is 13.2. The van der Waals surface area contributed by atoms with Gasteiger partial charge in [0.15, 0.2) is 5.69 Å². The molecule has 24 heavy (non-hydrogen) atoms. The minimum Gasteiger partial charge on any atom is -0.476 e. The fraction of sp³-hybridized carbons (Fsp3) is 0.765. The topological polar surface area (TPSA) is 73.6 Å². The third-order valence-electron chi connectivity index (χ3n) is 5.21. The maximum absolute atomic E-state index is 11.5. The van der Waals surface area contributed by atoms with E-state index >= 15 is 0 Å². The number of aromatic nitrogens is 2. The Hall–Kier alpha value is -1.18. The number of hydrogen-bond donors (Lipinski definition) is 1. The molecule has 7 heteroatoms. The molecule has 0 amide bonds. The lowest BCUT2D eigenvalue weighted by Gasteiger charge is -2.32. The number of carboxylic acid groups (broad SMARTS) is 1. The van der Waals surface area contributed by atoms with Gasteiger partial charge >= 0.3 is 5.97 Å². The lowest BCUT2D eigenvalue weighted by Crippen LogP contribution is -2.31. The van der Waals surface area contributed by atoms with Gasteiger partial charge in [0.25, 0.3) is 0 Å². The van der Waals surface area contributed by atoms with Crippen molar-refractivity contribution >= 4 is 14.0 Å². The van der Waals surface area contributed by atoms with Crippen molar-refractivity contribution in [2.24, 2.45) is 5.41 Å². The van der Waals surface area contributed by atoms with Crippen LogP contribution in [0.25, 0.3) is 0 Å². The monoisotopic (exact) mass is 352 g/mol. The predicted molar refractivity (Wildman–Crippen MR) is 93.2 cm³/mol. The summed E-state index contributed by atoms with van der Waals surface area (Å²) in [7, 11) is -1.13. The third-order valence-corrected chi connectivity index (χ3v) is 6.92. The summed E-state index contributed by atoms with van der Waals surface area (Å²) in [4.78, 5) is 11.5. The summed E-state index contributed by atoms with van der Waals surface area (Å²) in [6.45, 7) is 9.59. The van der Waals surface area contributed by atoms with Gasteiger partial charge in [-0.15, -0.1) is 0 Å². The van der Waals surface area contributed by atoms with Gasteiger partial charge in [-0.05, 0) is 31.7 Å². The van der Waals surface area contributed by atoms with Crippen LogP contribution >= 0.6 is 0 Å². The highest BCUT2D eigenvalue weighted by molar-refractivity contribution is 6.76. The summed E-state index contributed by atoms with van der Waals surface area (Å²) in [6, 6.07) is 1.10. The maximum Gasteiger partial charge on any atom is 0.356 e. The molecule has 1 aromatic rings. The smallest absolute Gasteiger partial charge is 0.356 e. The molecule has 1 aliphatic carbocycles. The van der Waals surface area contributed by atoms with Gasteiger partial charge < -0.3 is 14.6 Å². The highest BCUT2D eigenvalue weighted by atomic mass is 28.3. The number of carboxylic acids is 1. The zero-order valence-electron chi connectivity index (χ0n) is 14.9. The number of ether oxygens (including phenoxy) is 2. The lowest BCUT2D eigenvalue weighted by molar-refractivity contribution is 0.0665. The normalized spacial score (nSPS) is 23.6. The van der Waals surface area contributed by atoms with E-state index < -0.39 is 14.0 Å². The maximum atomic E-state index is 11.5. The Kier molecular flexibility index (Phi) is 4.86. The molecule has 1 N–H and O–H groups in total. The molecule has 6 nitrogen and oxygen atoms in total. The molecule has 0 saturated carbocycles. The van der Waals surface area contributed by atoms with E-state index in [0.29, 0.717) is 13.3 Å². The van der Waals surface area contributed by atoms with Crippen molar-refractivity contribution in [2.45, 2.75) is 58.1 Å². The highest BCUT2D eigenvalue weighted by Crippen LogP contribution is 2.42. The van der Waals surface area contributed by atoms with Gasteiger partial charge in [-0.2, -0.15) is 5.10 Å². The van der Waals surface area contributed by atoms with E-state index in [2.05, 4.69) is 24.7 Å². The van der Waals surface area contributed by atoms with Crippen molar-refractivity contribution < 1.29 is 19.4 Å². The Bertz CT molecular complexity index is 615. The van der Waals surface area contributed by atoms with Crippen LogP contribution in [-0.4, -0.2) is 48.8 Å². The second-order valence-corrected chi connectivity index (χ2v) is 14.0. The number of fused-ring (bicyclic) bond motifs is 1. The van der Waals surface area contributed by atoms with Gasteiger partial charge in [-0.3, -0.25) is 0 Å². The first-order chi connectivity index (χ1) is 11.3. The molecule has 3 rings (SSSR count). The van der Waals surface area contributed by atoms with Crippen molar-refractivity contribution in [1.82, 2.24) is 9.78 Å². The lowest BCUT2D eigenvalue weighted by atomic mass is 9.73. The summed E-state index contributed by atoms with van der Waals surface area (Å²) >= 11 is 0. The van der Waals surface area contributed by atoms with Crippen LogP contribution in [0.3, 0.4) is 0 Å². The second kappa shape index (κ2) is 6.61. The Morgan fingerprint density at radius 3 is 2.83 bits per heavy atom. The number of nitrogens with zero attached hydrogens (tertiary/aromatic N) is 2. The fourth-order valence-electron chi connectivity index (χ4n) is 3.62. The molecule has 1 saturated heterocycles. The van der Waals surface area contributed by atoms with Gasteiger partial charge in [0, 0.05) is 38.0 Å². The van der Waals surface area contributed by atoms with Crippen molar-refractivity contribution in [3.8, 4) is 0 Å². The van der Waals surface area contributed by atoms with Crippen LogP contribution in [0.15, 0.2) is 0 Å². The molecule has 134 valence electrons. The van der Waals surface area contributed by atoms with Crippen LogP contribution in [0.1, 0.15) is 34.6 Å². The van der Waals surface area contributed by atoms with Crippen LogP contribution in [0.4, 0.5) is 0 Å². The van der Waals surface area contributed by atoms with Gasteiger partial charge in [0.1, 0.15) is 6.73 Å². The largest absolute Gasteiger partial charge is 0.476 e. The van der Waals surface area contributed by atoms with E-state index in [1.165, 1.54) is 0 Å². The highest BCUT2D eigenvalue weighted by Gasteiger charge is 2.41. The standard InChI is InChI=1S/C17H28N2O4Si/c1-24(2,3)9-8-23-12-19-14-10-17(6-7-22-11-17)5-4-13(14)15(18-19)16(20)21/h4-12H2,1-3H3,(H,20,21). The van der Waals surface area contributed by atoms with Crippen molar-refractivity contribution in [1.29, 1.82) is 0 Å². The van der Waals surface area contributed by atoms with Crippen molar-refractivity contribution in [3.05, 3.63) is 17.0 Å². The Morgan fingerprint density at radius 2 is 2.21 bits per heavy atom. The Morgan fingerprint density at radius 1 is 1.42 bits per heavy atom. The summed E-state index contributed by atoms with van der Waals surface area (Å²) in [5, 5.41) is 13.8. The van der Waals surface area contributed by atoms with E-state index in [9.17, 15) is 9.90 Å². The van der Waals surface area contributed by atoms with E-state index in [-0.39, 0.29) is 11.1 Å². The van der Waals surface area contributed by atoms with Gasteiger partial charge in [-0.25, -0.2) is 9.48 Å². The molecule has 2 heterocycles. The number of hydrogen-bond acceptors (Lipinski definition) is 4. The molecule has 1 aliphatic heterocycles. The molecular weight excluding hydrogens is 324 g/mol.